The van der Waals surface area contributed by atoms with Crippen molar-refractivity contribution in [1.82, 2.24) is 5.32 Å². The molecule has 7 nitrogen and oxygen atoms in total. The van der Waals surface area contributed by atoms with Gasteiger partial charge in [0, 0.05) is 17.7 Å². The minimum Gasteiger partial charge on any atom is -0.496 e. The van der Waals surface area contributed by atoms with Crippen LogP contribution >= 0.6 is 0 Å². The van der Waals surface area contributed by atoms with Crippen molar-refractivity contribution >= 4 is 11.9 Å². The van der Waals surface area contributed by atoms with Gasteiger partial charge >= 0.3 is 5.97 Å². The standard InChI is InChI=1S/C16H23NO6/c1-6-23-16(19)10(2)17-15(18)9-12-13(21-4)7-11(20-3)8-14(12)22-5/h7-8,10H,6,9H2,1-5H3,(H,17,18)/t10-/m0/s1. The monoisotopic (exact) mass is 325 g/mol. The second kappa shape index (κ2) is 8.87. The molecule has 0 aliphatic rings. The van der Waals surface area contributed by atoms with Gasteiger partial charge in [-0.15, -0.1) is 0 Å². The van der Waals surface area contributed by atoms with E-state index in [0.717, 1.165) is 0 Å². The van der Waals surface area contributed by atoms with Gasteiger partial charge in [-0.3, -0.25) is 4.79 Å². The Hall–Kier alpha value is -2.44. The van der Waals surface area contributed by atoms with Gasteiger partial charge in [-0.05, 0) is 13.8 Å². The van der Waals surface area contributed by atoms with Crippen molar-refractivity contribution in [3.05, 3.63) is 17.7 Å². The Balaban J connectivity index is 2.90. The summed E-state index contributed by atoms with van der Waals surface area (Å²) in [6.45, 7) is 3.54. The predicted molar refractivity (Wildman–Crippen MR) is 84.0 cm³/mol. The fourth-order valence-electron chi connectivity index (χ4n) is 2.03. The smallest absolute Gasteiger partial charge is 0.328 e. The number of benzene rings is 1. The minimum atomic E-state index is -0.724. The fourth-order valence-corrected chi connectivity index (χ4v) is 2.03. The van der Waals surface area contributed by atoms with Crippen molar-refractivity contribution in [3.8, 4) is 17.2 Å². The highest BCUT2D eigenvalue weighted by atomic mass is 16.5. The molecule has 0 spiro atoms. The molecular weight excluding hydrogens is 302 g/mol. The third-order valence-corrected chi connectivity index (χ3v) is 3.17. The largest absolute Gasteiger partial charge is 0.496 e. The Bertz CT molecular complexity index is 532. The zero-order valence-corrected chi connectivity index (χ0v) is 14.1. The third kappa shape index (κ3) is 5.05. The first kappa shape index (κ1) is 18.6. The second-order valence-electron chi connectivity index (χ2n) is 4.73. The van der Waals surface area contributed by atoms with E-state index >= 15 is 0 Å². The molecule has 1 N–H and O–H groups in total. The molecule has 7 heteroatoms. The van der Waals surface area contributed by atoms with E-state index in [1.54, 1.807) is 26.0 Å². The molecule has 1 atom stereocenters. The van der Waals surface area contributed by atoms with Gasteiger partial charge in [0.15, 0.2) is 0 Å². The molecule has 1 rings (SSSR count). The Morgan fingerprint density at radius 3 is 2.09 bits per heavy atom. The molecule has 0 fully saturated rings. The van der Waals surface area contributed by atoms with Crippen molar-refractivity contribution in [2.45, 2.75) is 26.3 Å². The van der Waals surface area contributed by atoms with E-state index < -0.39 is 12.0 Å². The maximum Gasteiger partial charge on any atom is 0.328 e. The number of amides is 1. The van der Waals surface area contributed by atoms with Crippen molar-refractivity contribution in [3.63, 3.8) is 0 Å². The average molecular weight is 325 g/mol. The Morgan fingerprint density at radius 1 is 1.09 bits per heavy atom. The summed E-state index contributed by atoms with van der Waals surface area (Å²) in [5, 5.41) is 2.59. The van der Waals surface area contributed by atoms with Crippen LogP contribution in [0.15, 0.2) is 12.1 Å². The van der Waals surface area contributed by atoms with E-state index in [1.807, 2.05) is 0 Å². The number of hydrogen-bond acceptors (Lipinski definition) is 6. The van der Waals surface area contributed by atoms with Crippen LogP contribution in [0.5, 0.6) is 17.2 Å². The van der Waals surface area contributed by atoms with E-state index in [0.29, 0.717) is 22.8 Å². The number of esters is 1. The summed E-state index contributed by atoms with van der Waals surface area (Å²) in [4.78, 5) is 23.7. The molecule has 0 aromatic heterocycles. The molecule has 0 bridgehead atoms. The van der Waals surface area contributed by atoms with Gasteiger partial charge in [0.2, 0.25) is 5.91 Å². The van der Waals surface area contributed by atoms with Crippen LogP contribution in [-0.4, -0.2) is 45.9 Å². The SMILES string of the molecule is CCOC(=O)[C@H](C)NC(=O)Cc1c(OC)cc(OC)cc1OC. The van der Waals surface area contributed by atoms with Crippen LogP contribution in [0.2, 0.25) is 0 Å². The van der Waals surface area contributed by atoms with E-state index in [2.05, 4.69) is 5.32 Å². The van der Waals surface area contributed by atoms with Gasteiger partial charge in [0.25, 0.3) is 0 Å². The Kier molecular flexibility index (Phi) is 7.18. The van der Waals surface area contributed by atoms with E-state index in [1.165, 1.54) is 21.3 Å². The zero-order chi connectivity index (χ0) is 17.4. The normalized spacial score (nSPS) is 11.3. The number of hydrogen-bond donors (Lipinski definition) is 1. The van der Waals surface area contributed by atoms with Crippen molar-refractivity contribution < 1.29 is 28.5 Å². The molecule has 1 amide bonds. The number of carbonyl (C=O) groups excluding carboxylic acids is 2. The van der Waals surface area contributed by atoms with Crippen molar-refractivity contribution in [2.75, 3.05) is 27.9 Å². The van der Waals surface area contributed by atoms with E-state index in [4.69, 9.17) is 18.9 Å². The first-order valence-electron chi connectivity index (χ1n) is 7.21. The highest BCUT2D eigenvalue weighted by Crippen LogP contribution is 2.34. The Labute approximate surface area is 135 Å². The minimum absolute atomic E-state index is 0.0000853. The highest BCUT2D eigenvalue weighted by Gasteiger charge is 2.20. The Morgan fingerprint density at radius 2 is 1.65 bits per heavy atom. The molecule has 0 aliphatic heterocycles. The summed E-state index contributed by atoms with van der Waals surface area (Å²) in [6.07, 6.45) is 0.0000853. The summed E-state index contributed by atoms with van der Waals surface area (Å²) < 4.78 is 20.6. The van der Waals surface area contributed by atoms with E-state index in [9.17, 15) is 9.59 Å². The van der Waals surface area contributed by atoms with Crippen LogP contribution in [0, 0.1) is 0 Å². The zero-order valence-electron chi connectivity index (χ0n) is 14.1. The number of methoxy groups -OCH3 is 3. The summed E-state index contributed by atoms with van der Waals surface area (Å²) in [5.41, 5.74) is 0.573. The molecule has 0 unspecified atom stereocenters. The number of rotatable bonds is 8. The molecule has 1 aromatic rings. The van der Waals surface area contributed by atoms with Crippen LogP contribution in [0.3, 0.4) is 0 Å². The van der Waals surface area contributed by atoms with Gasteiger partial charge in [-0.2, -0.15) is 0 Å². The molecule has 23 heavy (non-hydrogen) atoms. The second-order valence-corrected chi connectivity index (χ2v) is 4.73. The van der Waals surface area contributed by atoms with Crippen LogP contribution in [0.4, 0.5) is 0 Å². The topological polar surface area (TPSA) is 83.1 Å². The molecule has 0 saturated carbocycles. The third-order valence-electron chi connectivity index (χ3n) is 3.17. The lowest BCUT2D eigenvalue weighted by Crippen LogP contribution is -2.40. The first-order valence-corrected chi connectivity index (χ1v) is 7.21. The highest BCUT2D eigenvalue weighted by molar-refractivity contribution is 5.86. The van der Waals surface area contributed by atoms with Crippen LogP contribution in [0.25, 0.3) is 0 Å². The first-order chi connectivity index (χ1) is 11.0. The van der Waals surface area contributed by atoms with E-state index in [-0.39, 0.29) is 18.9 Å². The van der Waals surface area contributed by atoms with Crippen LogP contribution in [-0.2, 0) is 20.7 Å². The lowest BCUT2D eigenvalue weighted by Gasteiger charge is -2.16. The van der Waals surface area contributed by atoms with Crippen molar-refractivity contribution in [2.24, 2.45) is 0 Å². The summed E-state index contributed by atoms with van der Waals surface area (Å²) in [5.74, 6) is 0.685. The van der Waals surface area contributed by atoms with Crippen LogP contribution < -0.4 is 19.5 Å². The van der Waals surface area contributed by atoms with Gasteiger partial charge < -0.3 is 24.3 Å². The summed E-state index contributed by atoms with van der Waals surface area (Å²) in [6, 6.07) is 2.61. The van der Waals surface area contributed by atoms with Crippen LogP contribution in [0.1, 0.15) is 19.4 Å². The summed E-state index contributed by atoms with van der Waals surface area (Å²) >= 11 is 0. The number of nitrogens with one attached hydrogen (secondary N) is 1. The fraction of sp³-hybridized carbons (Fsp3) is 0.500. The van der Waals surface area contributed by atoms with Gasteiger partial charge in [-0.1, -0.05) is 0 Å². The molecule has 1 aromatic carbocycles. The lowest BCUT2D eigenvalue weighted by molar-refractivity contribution is -0.146. The number of ether oxygens (including phenoxy) is 4. The lowest BCUT2D eigenvalue weighted by atomic mass is 10.1. The maximum atomic E-state index is 12.2. The van der Waals surface area contributed by atoms with Gasteiger partial charge in [0.05, 0.1) is 34.4 Å². The molecule has 0 saturated heterocycles. The quantitative estimate of drug-likeness (QED) is 0.726. The van der Waals surface area contributed by atoms with Gasteiger partial charge in [-0.25, -0.2) is 4.79 Å². The molecule has 128 valence electrons. The van der Waals surface area contributed by atoms with Gasteiger partial charge in [0.1, 0.15) is 23.3 Å². The molecule has 0 radical (unpaired) electrons. The average Bonchev–Trinajstić information content (AvgIpc) is 2.54. The molecular formula is C16H23NO6. The molecule has 0 heterocycles. The summed E-state index contributed by atoms with van der Waals surface area (Å²) in [7, 11) is 4.52. The maximum absolute atomic E-state index is 12.2. The molecule has 0 aliphatic carbocycles. The number of carbonyl (C=O) groups is 2. The van der Waals surface area contributed by atoms with Crippen molar-refractivity contribution in [1.29, 1.82) is 0 Å². The predicted octanol–water partition coefficient (Wildman–Crippen LogP) is 1.32.